The number of hydrogen-bond acceptors (Lipinski definition) is 3. The van der Waals surface area contributed by atoms with Gasteiger partial charge in [-0.2, -0.15) is 0 Å². The Balaban J connectivity index is 1.60. The molecule has 0 aliphatic heterocycles. The number of para-hydroxylation sites is 1. The number of halogens is 2. The summed E-state index contributed by atoms with van der Waals surface area (Å²) in [6.07, 6.45) is 2.46. The topological polar surface area (TPSA) is 55.4 Å². The molecule has 0 fully saturated rings. The summed E-state index contributed by atoms with van der Waals surface area (Å²) >= 11 is 12.0. The summed E-state index contributed by atoms with van der Waals surface area (Å²) in [6.45, 7) is 0.384. The number of rotatable bonds is 9. The van der Waals surface area contributed by atoms with Crippen molar-refractivity contribution in [3.63, 3.8) is 0 Å². The molecule has 0 bridgehead atoms. The lowest BCUT2D eigenvalue weighted by molar-refractivity contribution is -0.143. The SMILES string of the molecule is O=C(CCCC(=O)OCCCc1ccccc1)Nc1c(Cl)cccc1Cl. The third-order valence-corrected chi connectivity index (χ3v) is 4.36. The second-order valence-corrected chi connectivity index (χ2v) is 6.62. The zero-order valence-electron chi connectivity index (χ0n) is 14.3. The highest BCUT2D eigenvalue weighted by molar-refractivity contribution is 6.39. The van der Waals surface area contributed by atoms with Gasteiger partial charge in [0.05, 0.1) is 22.3 Å². The molecule has 0 saturated carbocycles. The second-order valence-electron chi connectivity index (χ2n) is 5.81. The van der Waals surface area contributed by atoms with Crippen molar-refractivity contribution in [2.75, 3.05) is 11.9 Å². The average molecular weight is 394 g/mol. The zero-order valence-corrected chi connectivity index (χ0v) is 15.9. The molecule has 0 unspecified atom stereocenters. The molecule has 0 aromatic heterocycles. The maximum Gasteiger partial charge on any atom is 0.305 e. The summed E-state index contributed by atoms with van der Waals surface area (Å²) in [5.41, 5.74) is 1.61. The van der Waals surface area contributed by atoms with Crippen LogP contribution in [0.3, 0.4) is 0 Å². The Kier molecular flexibility index (Phi) is 8.45. The van der Waals surface area contributed by atoms with Gasteiger partial charge in [0.1, 0.15) is 0 Å². The molecule has 2 rings (SSSR count). The number of esters is 1. The molecule has 0 atom stereocenters. The first-order chi connectivity index (χ1) is 12.6. The van der Waals surface area contributed by atoms with Gasteiger partial charge in [-0.05, 0) is 37.0 Å². The normalized spacial score (nSPS) is 10.4. The summed E-state index contributed by atoms with van der Waals surface area (Å²) in [7, 11) is 0. The van der Waals surface area contributed by atoms with E-state index in [4.69, 9.17) is 27.9 Å². The molecule has 2 aromatic rings. The van der Waals surface area contributed by atoms with Gasteiger partial charge in [0.2, 0.25) is 5.91 Å². The van der Waals surface area contributed by atoms with E-state index in [9.17, 15) is 9.59 Å². The van der Waals surface area contributed by atoms with E-state index in [-0.39, 0.29) is 24.7 Å². The van der Waals surface area contributed by atoms with Crippen LogP contribution in [0.25, 0.3) is 0 Å². The Bertz CT molecular complexity index is 715. The van der Waals surface area contributed by atoms with E-state index in [1.54, 1.807) is 18.2 Å². The molecule has 0 heterocycles. The average Bonchev–Trinajstić information content (AvgIpc) is 2.63. The van der Waals surface area contributed by atoms with E-state index in [2.05, 4.69) is 5.32 Å². The van der Waals surface area contributed by atoms with Crippen LogP contribution in [0.15, 0.2) is 48.5 Å². The predicted octanol–water partition coefficient (Wildman–Crippen LogP) is 5.28. The number of ether oxygens (including phenoxy) is 1. The molecule has 4 nitrogen and oxygen atoms in total. The highest BCUT2D eigenvalue weighted by Crippen LogP contribution is 2.29. The van der Waals surface area contributed by atoms with Crippen LogP contribution in [0.2, 0.25) is 10.0 Å². The standard InChI is InChI=1S/C20H21Cl2NO3/c21-16-10-4-11-17(22)20(16)23-18(24)12-5-13-19(25)26-14-6-9-15-7-2-1-3-8-15/h1-4,7-8,10-11H,5-6,9,12-14H2,(H,23,24). The van der Waals surface area contributed by atoms with Crippen LogP contribution in [-0.4, -0.2) is 18.5 Å². The van der Waals surface area contributed by atoms with Crippen molar-refractivity contribution in [2.45, 2.75) is 32.1 Å². The first-order valence-corrected chi connectivity index (χ1v) is 9.25. The van der Waals surface area contributed by atoms with Gasteiger partial charge in [0.15, 0.2) is 0 Å². The molecule has 0 aliphatic carbocycles. The van der Waals surface area contributed by atoms with Crippen molar-refractivity contribution >= 4 is 40.8 Å². The maximum atomic E-state index is 11.9. The Labute approximate surface area is 163 Å². The van der Waals surface area contributed by atoms with Gasteiger partial charge < -0.3 is 10.1 Å². The summed E-state index contributed by atoms with van der Waals surface area (Å²) in [4.78, 5) is 23.6. The largest absolute Gasteiger partial charge is 0.466 e. The fourth-order valence-corrected chi connectivity index (χ4v) is 2.88. The first-order valence-electron chi connectivity index (χ1n) is 8.49. The van der Waals surface area contributed by atoms with Gasteiger partial charge in [-0.25, -0.2) is 0 Å². The Morgan fingerprint density at radius 1 is 0.885 bits per heavy atom. The van der Waals surface area contributed by atoms with Crippen molar-refractivity contribution in [3.8, 4) is 0 Å². The van der Waals surface area contributed by atoms with Crippen LogP contribution in [0.1, 0.15) is 31.2 Å². The zero-order chi connectivity index (χ0) is 18.8. The number of benzene rings is 2. The van der Waals surface area contributed by atoms with E-state index in [1.165, 1.54) is 5.56 Å². The quantitative estimate of drug-likeness (QED) is 0.465. The molecule has 1 amide bonds. The van der Waals surface area contributed by atoms with Gasteiger partial charge in [-0.15, -0.1) is 0 Å². The Morgan fingerprint density at radius 3 is 2.27 bits per heavy atom. The van der Waals surface area contributed by atoms with Crippen LogP contribution in [-0.2, 0) is 20.7 Å². The van der Waals surface area contributed by atoms with Crippen LogP contribution in [0.5, 0.6) is 0 Å². The molecule has 6 heteroatoms. The molecule has 2 aromatic carbocycles. The lowest BCUT2D eigenvalue weighted by atomic mass is 10.1. The smallest absolute Gasteiger partial charge is 0.305 e. The van der Waals surface area contributed by atoms with E-state index in [0.717, 1.165) is 12.8 Å². The van der Waals surface area contributed by atoms with Crippen LogP contribution >= 0.6 is 23.2 Å². The van der Waals surface area contributed by atoms with Crippen LogP contribution in [0.4, 0.5) is 5.69 Å². The minimum atomic E-state index is -0.290. The molecule has 26 heavy (non-hydrogen) atoms. The number of amides is 1. The monoisotopic (exact) mass is 393 g/mol. The molecule has 0 aliphatic rings. The second kappa shape index (κ2) is 10.8. The maximum absolute atomic E-state index is 11.9. The van der Waals surface area contributed by atoms with Crippen LogP contribution < -0.4 is 5.32 Å². The Hall–Kier alpha value is -2.04. The minimum absolute atomic E-state index is 0.195. The van der Waals surface area contributed by atoms with Crippen molar-refractivity contribution in [1.29, 1.82) is 0 Å². The molecule has 1 N–H and O–H groups in total. The van der Waals surface area contributed by atoms with Gasteiger partial charge in [0, 0.05) is 12.8 Å². The first kappa shape index (κ1) is 20.3. The van der Waals surface area contributed by atoms with Gasteiger partial charge >= 0.3 is 5.97 Å². The highest BCUT2D eigenvalue weighted by atomic mass is 35.5. The fraction of sp³-hybridized carbons (Fsp3) is 0.300. The minimum Gasteiger partial charge on any atom is -0.466 e. The summed E-state index contributed by atoms with van der Waals surface area (Å²) in [6, 6.07) is 15.0. The van der Waals surface area contributed by atoms with Crippen molar-refractivity contribution in [3.05, 3.63) is 64.1 Å². The summed E-state index contributed by atoms with van der Waals surface area (Å²) < 4.78 is 5.19. The summed E-state index contributed by atoms with van der Waals surface area (Å²) in [5, 5.41) is 3.42. The Morgan fingerprint density at radius 2 is 1.58 bits per heavy atom. The lowest BCUT2D eigenvalue weighted by Crippen LogP contribution is -2.13. The molecule has 0 radical (unpaired) electrons. The molecule has 0 spiro atoms. The number of carbonyl (C=O) groups is 2. The summed E-state index contributed by atoms with van der Waals surface area (Å²) in [5.74, 6) is -0.529. The van der Waals surface area contributed by atoms with E-state index >= 15 is 0 Å². The van der Waals surface area contributed by atoms with E-state index in [0.29, 0.717) is 28.8 Å². The number of anilines is 1. The number of carbonyl (C=O) groups excluding carboxylic acids is 2. The van der Waals surface area contributed by atoms with Gasteiger partial charge in [0.25, 0.3) is 0 Å². The number of hydrogen-bond donors (Lipinski definition) is 1. The van der Waals surface area contributed by atoms with Crippen molar-refractivity contribution < 1.29 is 14.3 Å². The third kappa shape index (κ3) is 7.06. The van der Waals surface area contributed by atoms with Crippen molar-refractivity contribution in [1.82, 2.24) is 0 Å². The fourth-order valence-electron chi connectivity index (χ4n) is 2.39. The van der Waals surface area contributed by atoms with Crippen LogP contribution in [0, 0.1) is 0 Å². The molecular weight excluding hydrogens is 373 g/mol. The van der Waals surface area contributed by atoms with E-state index in [1.807, 2.05) is 30.3 Å². The third-order valence-electron chi connectivity index (χ3n) is 3.73. The van der Waals surface area contributed by atoms with Crippen molar-refractivity contribution in [2.24, 2.45) is 0 Å². The molecule has 0 saturated heterocycles. The predicted molar refractivity (Wildman–Crippen MR) is 105 cm³/mol. The molecule has 138 valence electrons. The van der Waals surface area contributed by atoms with E-state index < -0.39 is 0 Å². The lowest BCUT2D eigenvalue weighted by Gasteiger charge is -2.09. The molecular formula is C20H21Cl2NO3. The van der Waals surface area contributed by atoms with Gasteiger partial charge in [-0.3, -0.25) is 9.59 Å². The number of aryl methyl sites for hydroxylation is 1. The highest BCUT2D eigenvalue weighted by Gasteiger charge is 2.10. The van der Waals surface area contributed by atoms with Gasteiger partial charge in [-0.1, -0.05) is 59.6 Å². The number of nitrogens with one attached hydrogen (secondary N) is 1.